The average Bonchev–Trinajstić information content (AvgIpc) is 2.71. The van der Waals surface area contributed by atoms with Gasteiger partial charge in [-0.3, -0.25) is 40.7 Å². The average molecular weight is 450 g/mol. The molecule has 10 nitrogen and oxygen atoms in total. The van der Waals surface area contributed by atoms with Gasteiger partial charge in [0.15, 0.2) is 5.11 Å². The predicted octanol–water partition coefficient (Wildman–Crippen LogP) is 2.30. The number of hydrogen-bond donors (Lipinski definition) is 4. The minimum Gasteiger partial charge on any atom is -0.326 e. The van der Waals surface area contributed by atoms with Gasteiger partial charge in [-0.25, -0.2) is 0 Å². The number of nitrogens with one attached hydrogen (secondary N) is 4. The van der Waals surface area contributed by atoms with Gasteiger partial charge in [0.25, 0.3) is 11.6 Å². The van der Waals surface area contributed by atoms with E-state index in [1.165, 1.54) is 12.1 Å². The Hall–Kier alpha value is -3.57. The number of nitro benzene ring substituents is 1. The van der Waals surface area contributed by atoms with Crippen molar-refractivity contribution in [2.45, 2.75) is 12.8 Å². The second-order valence-corrected chi connectivity index (χ2v) is 6.61. The molecule has 0 fully saturated rings. The number of nitro groups is 1. The fraction of sp³-hybridized carbons (Fsp3) is 0.111. The first-order chi connectivity index (χ1) is 14.3. The molecule has 0 unspecified atom stereocenters. The molecule has 2 aromatic carbocycles. The van der Waals surface area contributed by atoms with Crippen LogP contribution >= 0.6 is 23.8 Å². The van der Waals surface area contributed by atoms with Crippen molar-refractivity contribution in [2.75, 3.05) is 5.32 Å². The summed E-state index contributed by atoms with van der Waals surface area (Å²) in [5.74, 6) is -1.60. The van der Waals surface area contributed by atoms with Gasteiger partial charge in [0, 0.05) is 30.2 Å². The highest BCUT2D eigenvalue weighted by Gasteiger charge is 2.17. The lowest BCUT2D eigenvalue weighted by Crippen LogP contribution is -2.48. The summed E-state index contributed by atoms with van der Waals surface area (Å²) in [5.41, 5.74) is 4.71. The van der Waals surface area contributed by atoms with Crippen LogP contribution in [0.2, 0.25) is 5.02 Å². The van der Waals surface area contributed by atoms with Gasteiger partial charge in [-0.05, 0) is 36.5 Å². The van der Waals surface area contributed by atoms with E-state index < -0.39 is 22.4 Å². The summed E-state index contributed by atoms with van der Waals surface area (Å²) in [7, 11) is 0. The monoisotopic (exact) mass is 449 g/mol. The number of halogens is 1. The van der Waals surface area contributed by atoms with Crippen LogP contribution in [0.3, 0.4) is 0 Å². The molecule has 0 atom stereocenters. The molecule has 0 aromatic heterocycles. The third kappa shape index (κ3) is 7.11. The Labute approximate surface area is 181 Å². The van der Waals surface area contributed by atoms with Gasteiger partial charge in [0.1, 0.15) is 5.02 Å². The van der Waals surface area contributed by atoms with Gasteiger partial charge in [0.2, 0.25) is 11.8 Å². The number of thiocarbonyl (C=S) groups is 1. The Bertz CT molecular complexity index is 986. The number of rotatable bonds is 6. The van der Waals surface area contributed by atoms with Crippen molar-refractivity contribution in [3.05, 3.63) is 69.2 Å². The summed E-state index contributed by atoms with van der Waals surface area (Å²) < 4.78 is 0. The Morgan fingerprint density at radius 3 is 2.33 bits per heavy atom. The van der Waals surface area contributed by atoms with Crippen LogP contribution < -0.4 is 21.5 Å². The predicted molar refractivity (Wildman–Crippen MR) is 114 cm³/mol. The smallest absolute Gasteiger partial charge is 0.288 e. The van der Waals surface area contributed by atoms with Crippen LogP contribution in [0.25, 0.3) is 0 Å². The molecule has 0 heterocycles. The molecule has 0 saturated heterocycles. The molecule has 0 aliphatic carbocycles. The normalized spacial score (nSPS) is 9.90. The zero-order chi connectivity index (χ0) is 22.1. The Morgan fingerprint density at radius 1 is 1.00 bits per heavy atom. The third-order valence-corrected chi connectivity index (χ3v) is 4.11. The summed E-state index contributed by atoms with van der Waals surface area (Å²) in [4.78, 5) is 45.9. The molecule has 3 amide bonds. The summed E-state index contributed by atoms with van der Waals surface area (Å²) in [6.45, 7) is 0. The van der Waals surface area contributed by atoms with Crippen LogP contribution in [0.4, 0.5) is 11.4 Å². The van der Waals surface area contributed by atoms with Crippen molar-refractivity contribution in [3.63, 3.8) is 0 Å². The van der Waals surface area contributed by atoms with Gasteiger partial charge in [0.05, 0.1) is 4.92 Å². The highest BCUT2D eigenvalue weighted by atomic mass is 35.5. The molecule has 0 radical (unpaired) electrons. The summed E-state index contributed by atoms with van der Waals surface area (Å²) >= 11 is 10.6. The van der Waals surface area contributed by atoms with E-state index in [1.54, 1.807) is 24.3 Å². The lowest BCUT2D eigenvalue weighted by atomic mass is 10.2. The molecular formula is C18H16ClN5O5S. The van der Waals surface area contributed by atoms with Crippen molar-refractivity contribution in [1.29, 1.82) is 0 Å². The van der Waals surface area contributed by atoms with Crippen molar-refractivity contribution in [3.8, 4) is 0 Å². The number of anilines is 1. The number of nitrogens with zero attached hydrogens (tertiary/aromatic N) is 1. The fourth-order valence-corrected chi connectivity index (χ4v) is 2.49. The van der Waals surface area contributed by atoms with E-state index in [0.29, 0.717) is 5.69 Å². The van der Waals surface area contributed by atoms with Gasteiger partial charge < -0.3 is 5.32 Å². The number of benzene rings is 2. The van der Waals surface area contributed by atoms with Crippen molar-refractivity contribution >= 4 is 58.0 Å². The van der Waals surface area contributed by atoms with Crippen LogP contribution in [-0.4, -0.2) is 27.8 Å². The number of hydrazine groups is 1. The van der Waals surface area contributed by atoms with Crippen LogP contribution in [0.15, 0.2) is 48.5 Å². The lowest BCUT2D eigenvalue weighted by Gasteiger charge is -2.11. The fourth-order valence-electron chi connectivity index (χ4n) is 2.16. The minimum atomic E-state index is -0.733. The molecule has 156 valence electrons. The standard InChI is InChI=1S/C18H16ClN5O5S/c19-13-7-6-11(10-14(13)24(28)29)17(27)21-18(30)23-22-16(26)9-8-15(25)20-12-4-2-1-3-5-12/h1-7,10H,8-9H2,(H,20,25)(H,22,26)(H2,21,23,27,30). The van der Waals surface area contributed by atoms with Gasteiger partial charge in [-0.1, -0.05) is 29.8 Å². The van der Waals surface area contributed by atoms with Crippen LogP contribution in [-0.2, 0) is 9.59 Å². The van der Waals surface area contributed by atoms with E-state index in [4.69, 9.17) is 23.8 Å². The van der Waals surface area contributed by atoms with Crippen molar-refractivity contribution in [2.24, 2.45) is 0 Å². The van der Waals surface area contributed by atoms with Crippen LogP contribution in [0.5, 0.6) is 0 Å². The molecule has 0 spiro atoms. The minimum absolute atomic E-state index is 0.0424. The maximum absolute atomic E-state index is 12.1. The van der Waals surface area contributed by atoms with E-state index in [-0.39, 0.29) is 34.4 Å². The molecule has 2 aromatic rings. The zero-order valence-corrected chi connectivity index (χ0v) is 16.9. The first-order valence-electron chi connectivity index (χ1n) is 8.45. The van der Waals surface area contributed by atoms with E-state index >= 15 is 0 Å². The molecule has 12 heteroatoms. The van der Waals surface area contributed by atoms with E-state index in [2.05, 4.69) is 21.5 Å². The van der Waals surface area contributed by atoms with Crippen LogP contribution in [0.1, 0.15) is 23.2 Å². The molecule has 0 aliphatic rings. The molecule has 0 aliphatic heterocycles. The maximum atomic E-state index is 12.1. The van der Waals surface area contributed by atoms with Crippen LogP contribution in [0, 0.1) is 10.1 Å². The van der Waals surface area contributed by atoms with Crippen molar-refractivity contribution < 1.29 is 19.3 Å². The number of para-hydroxylation sites is 1. The van der Waals surface area contributed by atoms with Gasteiger partial charge >= 0.3 is 0 Å². The third-order valence-electron chi connectivity index (χ3n) is 3.58. The SMILES string of the molecule is O=C(CCC(=O)Nc1ccccc1)NNC(=S)NC(=O)c1ccc(Cl)c([N+](=O)[O-])c1. The van der Waals surface area contributed by atoms with E-state index in [1.807, 2.05) is 6.07 Å². The lowest BCUT2D eigenvalue weighted by molar-refractivity contribution is -0.384. The number of amides is 3. The second-order valence-electron chi connectivity index (χ2n) is 5.79. The first-order valence-corrected chi connectivity index (χ1v) is 9.24. The zero-order valence-electron chi connectivity index (χ0n) is 15.3. The number of carbonyl (C=O) groups excluding carboxylic acids is 3. The highest BCUT2D eigenvalue weighted by molar-refractivity contribution is 7.80. The van der Waals surface area contributed by atoms with E-state index in [9.17, 15) is 24.5 Å². The molecule has 2 rings (SSSR count). The van der Waals surface area contributed by atoms with E-state index in [0.717, 1.165) is 6.07 Å². The number of hydrogen-bond acceptors (Lipinski definition) is 6. The van der Waals surface area contributed by atoms with Gasteiger partial charge in [-0.2, -0.15) is 0 Å². The summed E-state index contributed by atoms with van der Waals surface area (Å²) in [6, 6.07) is 12.3. The topological polar surface area (TPSA) is 142 Å². The Morgan fingerprint density at radius 2 is 1.67 bits per heavy atom. The molecule has 0 saturated carbocycles. The molecule has 4 N–H and O–H groups in total. The quantitative estimate of drug-likeness (QED) is 0.301. The Kier molecular flexibility index (Phi) is 8.20. The second kappa shape index (κ2) is 10.8. The first kappa shape index (κ1) is 22.7. The molecule has 0 bridgehead atoms. The largest absolute Gasteiger partial charge is 0.326 e. The summed E-state index contributed by atoms with van der Waals surface area (Å²) in [5, 5.41) is 15.4. The maximum Gasteiger partial charge on any atom is 0.288 e. The summed E-state index contributed by atoms with van der Waals surface area (Å²) in [6.07, 6.45) is -0.179. The molecular weight excluding hydrogens is 434 g/mol. The van der Waals surface area contributed by atoms with Gasteiger partial charge in [-0.15, -0.1) is 0 Å². The highest BCUT2D eigenvalue weighted by Crippen LogP contribution is 2.24. The Balaban J connectivity index is 1.75. The molecule has 30 heavy (non-hydrogen) atoms. The number of carbonyl (C=O) groups is 3. The van der Waals surface area contributed by atoms with Crippen molar-refractivity contribution in [1.82, 2.24) is 16.2 Å².